The van der Waals surface area contributed by atoms with E-state index in [9.17, 15) is 0 Å². The van der Waals surface area contributed by atoms with Gasteiger partial charge in [0.05, 0.1) is 11.2 Å². The molecule has 0 saturated heterocycles. The Morgan fingerprint density at radius 1 is 1.00 bits per heavy atom. The van der Waals surface area contributed by atoms with Crippen molar-refractivity contribution in [3.8, 4) is 5.69 Å². The van der Waals surface area contributed by atoms with Gasteiger partial charge >= 0.3 is 0 Å². The summed E-state index contributed by atoms with van der Waals surface area (Å²) in [5, 5.41) is 14.0. The van der Waals surface area contributed by atoms with Gasteiger partial charge in [-0.3, -0.25) is 4.98 Å². The predicted octanol–water partition coefficient (Wildman–Crippen LogP) is 3.81. The third-order valence-corrected chi connectivity index (χ3v) is 4.76. The van der Waals surface area contributed by atoms with Crippen LogP contribution in [0.15, 0.2) is 66.0 Å². The topological polar surface area (TPSA) is 56.5 Å². The molecule has 118 valence electrons. The van der Waals surface area contributed by atoms with Crippen molar-refractivity contribution in [2.45, 2.75) is 17.8 Å². The average molecular weight is 333 g/mol. The lowest BCUT2D eigenvalue weighted by atomic mass is 10.1. The van der Waals surface area contributed by atoms with Crippen LogP contribution in [0.3, 0.4) is 0 Å². The number of pyridine rings is 1. The smallest absolute Gasteiger partial charge is 0.214 e. The van der Waals surface area contributed by atoms with E-state index >= 15 is 0 Å². The van der Waals surface area contributed by atoms with Crippen molar-refractivity contribution in [2.75, 3.05) is 0 Å². The minimum Gasteiger partial charge on any atom is -0.256 e. The summed E-state index contributed by atoms with van der Waals surface area (Å²) >= 11 is 1.61. The van der Waals surface area contributed by atoms with E-state index in [0.29, 0.717) is 0 Å². The van der Waals surface area contributed by atoms with E-state index in [4.69, 9.17) is 0 Å². The monoisotopic (exact) mass is 333 g/mol. The lowest BCUT2D eigenvalue weighted by molar-refractivity contribution is 0.756. The summed E-state index contributed by atoms with van der Waals surface area (Å²) in [7, 11) is 0. The van der Waals surface area contributed by atoms with Crippen molar-refractivity contribution in [2.24, 2.45) is 0 Å². The Morgan fingerprint density at radius 3 is 2.71 bits per heavy atom. The predicted molar refractivity (Wildman–Crippen MR) is 95.2 cm³/mol. The van der Waals surface area contributed by atoms with E-state index in [1.165, 1.54) is 11.1 Å². The van der Waals surface area contributed by atoms with Crippen LogP contribution in [0.1, 0.15) is 11.1 Å². The van der Waals surface area contributed by atoms with Crippen molar-refractivity contribution in [3.05, 3.63) is 71.9 Å². The zero-order valence-corrected chi connectivity index (χ0v) is 13.9. The van der Waals surface area contributed by atoms with Gasteiger partial charge in [-0.25, -0.2) is 0 Å². The van der Waals surface area contributed by atoms with Crippen molar-refractivity contribution in [1.82, 2.24) is 25.2 Å². The number of thioether (sulfide) groups is 1. The number of para-hydroxylation sites is 1. The van der Waals surface area contributed by atoms with E-state index in [0.717, 1.165) is 27.5 Å². The van der Waals surface area contributed by atoms with Crippen molar-refractivity contribution in [3.63, 3.8) is 0 Å². The van der Waals surface area contributed by atoms with Gasteiger partial charge in [-0.1, -0.05) is 53.7 Å². The fraction of sp³-hybridized carbons (Fsp3) is 0.111. The maximum absolute atomic E-state index is 4.50. The molecule has 2 heterocycles. The van der Waals surface area contributed by atoms with Crippen LogP contribution in [0.5, 0.6) is 0 Å². The molecule has 0 atom stereocenters. The van der Waals surface area contributed by atoms with Gasteiger partial charge in [0.15, 0.2) is 0 Å². The maximum atomic E-state index is 4.50. The SMILES string of the molecule is Cc1ccc(-n2nnnc2SCc2cccc3cccnc23)cc1. The number of fused-ring (bicyclic) bond motifs is 1. The van der Waals surface area contributed by atoms with Crippen LogP contribution in [-0.2, 0) is 5.75 Å². The highest BCUT2D eigenvalue weighted by atomic mass is 32.2. The number of hydrogen-bond donors (Lipinski definition) is 0. The molecule has 0 aliphatic heterocycles. The van der Waals surface area contributed by atoms with E-state index in [2.05, 4.69) is 63.8 Å². The van der Waals surface area contributed by atoms with E-state index in [1.807, 2.05) is 24.4 Å². The van der Waals surface area contributed by atoms with Gasteiger partial charge in [0, 0.05) is 17.3 Å². The number of nitrogens with zero attached hydrogens (tertiary/aromatic N) is 5. The van der Waals surface area contributed by atoms with Crippen LogP contribution in [0.2, 0.25) is 0 Å². The Labute approximate surface area is 143 Å². The quantitative estimate of drug-likeness (QED) is 0.532. The second-order valence-electron chi connectivity index (χ2n) is 5.49. The van der Waals surface area contributed by atoms with E-state index < -0.39 is 0 Å². The van der Waals surface area contributed by atoms with Crippen LogP contribution in [0.4, 0.5) is 0 Å². The van der Waals surface area contributed by atoms with Crippen LogP contribution in [-0.4, -0.2) is 25.2 Å². The molecule has 0 saturated carbocycles. The summed E-state index contributed by atoms with van der Waals surface area (Å²) in [6, 6.07) is 18.4. The highest BCUT2D eigenvalue weighted by Gasteiger charge is 2.10. The zero-order valence-electron chi connectivity index (χ0n) is 13.1. The summed E-state index contributed by atoms with van der Waals surface area (Å²) < 4.78 is 1.77. The molecule has 0 unspecified atom stereocenters. The van der Waals surface area contributed by atoms with Crippen molar-refractivity contribution >= 4 is 22.7 Å². The Morgan fingerprint density at radius 2 is 1.83 bits per heavy atom. The molecule has 0 aliphatic carbocycles. The molecule has 0 spiro atoms. The van der Waals surface area contributed by atoms with Gasteiger partial charge in [0.2, 0.25) is 5.16 Å². The molecule has 4 aromatic rings. The van der Waals surface area contributed by atoms with Crippen LogP contribution < -0.4 is 0 Å². The molecular weight excluding hydrogens is 318 g/mol. The summed E-state index contributed by atoms with van der Waals surface area (Å²) in [4.78, 5) is 4.50. The number of hydrogen-bond acceptors (Lipinski definition) is 5. The Bertz CT molecular complexity index is 973. The van der Waals surface area contributed by atoms with Gasteiger partial charge < -0.3 is 0 Å². The molecule has 0 N–H and O–H groups in total. The molecule has 0 aliphatic rings. The molecule has 24 heavy (non-hydrogen) atoms. The lowest BCUT2D eigenvalue weighted by Crippen LogP contribution is -1.99. The van der Waals surface area contributed by atoms with E-state index in [-0.39, 0.29) is 0 Å². The average Bonchev–Trinajstić information content (AvgIpc) is 3.09. The van der Waals surface area contributed by atoms with Gasteiger partial charge in [-0.2, -0.15) is 4.68 Å². The standard InChI is InChI=1S/C18H15N5S/c1-13-7-9-16(10-8-13)23-18(20-21-22-23)24-12-15-5-2-4-14-6-3-11-19-17(14)15/h2-11H,12H2,1H3. The normalized spacial score (nSPS) is 11.0. The first-order valence-corrected chi connectivity index (χ1v) is 8.61. The summed E-state index contributed by atoms with van der Waals surface area (Å²) in [6.07, 6.45) is 1.83. The first kappa shape index (κ1) is 14.8. The van der Waals surface area contributed by atoms with Crippen LogP contribution in [0, 0.1) is 6.92 Å². The van der Waals surface area contributed by atoms with Crippen molar-refractivity contribution < 1.29 is 0 Å². The minimum absolute atomic E-state index is 0.764. The first-order chi connectivity index (χ1) is 11.8. The molecule has 0 bridgehead atoms. The number of rotatable bonds is 4. The Balaban J connectivity index is 1.61. The Hall–Kier alpha value is -2.73. The third-order valence-electron chi connectivity index (χ3n) is 3.79. The molecule has 0 radical (unpaired) electrons. The number of aromatic nitrogens is 5. The molecule has 5 nitrogen and oxygen atoms in total. The molecular formula is C18H15N5S. The van der Waals surface area contributed by atoms with Gasteiger partial charge in [0.1, 0.15) is 0 Å². The number of aryl methyl sites for hydroxylation is 1. The second-order valence-corrected chi connectivity index (χ2v) is 6.43. The van der Waals surface area contributed by atoms with E-state index in [1.54, 1.807) is 16.4 Å². The molecule has 6 heteroatoms. The third kappa shape index (κ3) is 2.88. The minimum atomic E-state index is 0.764. The fourth-order valence-corrected chi connectivity index (χ4v) is 3.42. The highest BCUT2D eigenvalue weighted by Crippen LogP contribution is 2.26. The largest absolute Gasteiger partial charge is 0.256 e. The van der Waals surface area contributed by atoms with Gasteiger partial charge in [0.25, 0.3) is 0 Å². The molecule has 4 rings (SSSR count). The van der Waals surface area contributed by atoms with Gasteiger partial charge in [-0.15, -0.1) is 5.10 Å². The summed E-state index contributed by atoms with van der Waals surface area (Å²) in [5.74, 6) is 0.764. The Kier molecular flexibility index (Phi) is 3.96. The first-order valence-electron chi connectivity index (χ1n) is 7.62. The van der Waals surface area contributed by atoms with Crippen molar-refractivity contribution in [1.29, 1.82) is 0 Å². The fourth-order valence-electron chi connectivity index (χ4n) is 2.54. The molecule has 2 aromatic heterocycles. The number of benzene rings is 2. The molecule has 2 aromatic carbocycles. The number of tetrazole rings is 1. The van der Waals surface area contributed by atoms with Crippen LogP contribution in [0.25, 0.3) is 16.6 Å². The summed E-state index contributed by atoms with van der Waals surface area (Å²) in [5.41, 5.74) is 4.38. The second kappa shape index (κ2) is 6.41. The molecule has 0 fully saturated rings. The zero-order chi connectivity index (χ0) is 16.4. The maximum Gasteiger partial charge on any atom is 0.214 e. The lowest BCUT2D eigenvalue weighted by Gasteiger charge is -2.06. The van der Waals surface area contributed by atoms with Gasteiger partial charge in [-0.05, 0) is 41.1 Å². The molecule has 0 amide bonds. The highest BCUT2D eigenvalue weighted by molar-refractivity contribution is 7.98. The summed E-state index contributed by atoms with van der Waals surface area (Å²) in [6.45, 7) is 2.06. The van der Waals surface area contributed by atoms with Crippen LogP contribution >= 0.6 is 11.8 Å².